The predicted octanol–water partition coefficient (Wildman–Crippen LogP) is 2.66. The number of ether oxygens (including phenoxy) is 1. The first-order chi connectivity index (χ1) is 10.3. The number of carbonyl (C=O) groups is 1. The number of likely N-dealkylation sites (tertiary alicyclic amines) is 1. The van der Waals surface area contributed by atoms with Crippen LogP contribution in [0.25, 0.3) is 10.9 Å². The van der Waals surface area contributed by atoms with Gasteiger partial charge in [-0.05, 0) is 50.2 Å². The molecule has 4 heteroatoms. The average Bonchev–Trinajstić information content (AvgIpc) is 3.05. The molecule has 0 amide bonds. The van der Waals surface area contributed by atoms with Crippen LogP contribution in [0.4, 0.5) is 0 Å². The minimum Gasteiger partial charge on any atom is -0.465 e. The number of aromatic nitrogens is 1. The molecule has 1 fully saturated rings. The first-order valence-electron chi connectivity index (χ1n) is 7.46. The van der Waals surface area contributed by atoms with E-state index in [1.54, 1.807) is 6.07 Å². The smallest absolute Gasteiger partial charge is 0.337 e. The van der Waals surface area contributed by atoms with E-state index < -0.39 is 0 Å². The molecule has 0 spiro atoms. The molecule has 4 nitrogen and oxygen atoms in total. The van der Waals surface area contributed by atoms with Gasteiger partial charge in [0.1, 0.15) is 0 Å². The summed E-state index contributed by atoms with van der Waals surface area (Å²) in [6, 6.07) is 9.58. The molecular formula is C17H20N2O2. The monoisotopic (exact) mass is 284 g/mol. The maximum atomic E-state index is 11.5. The third-order valence-corrected chi connectivity index (χ3v) is 4.05. The Balaban J connectivity index is 1.75. The predicted molar refractivity (Wildman–Crippen MR) is 82.5 cm³/mol. The number of hydrogen-bond acceptors (Lipinski definition) is 4. The fourth-order valence-electron chi connectivity index (χ4n) is 2.83. The lowest BCUT2D eigenvalue weighted by molar-refractivity contribution is 0.0601. The number of nitrogens with zero attached hydrogens (tertiary/aromatic N) is 2. The van der Waals surface area contributed by atoms with E-state index in [1.807, 2.05) is 18.2 Å². The van der Waals surface area contributed by atoms with E-state index in [2.05, 4.69) is 16.0 Å². The van der Waals surface area contributed by atoms with Crippen molar-refractivity contribution in [3.05, 3.63) is 41.6 Å². The van der Waals surface area contributed by atoms with Gasteiger partial charge in [-0.15, -0.1) is 0 Å². The van der Waals surface area contributed by atoms with Gasteiger partial charge < -0.3 is 9.64 Å². The highest BCUT2D eigenvalue weighted by Crippen LogP contribution is 2.16. The standard InChI is InChI=1S/C17H20N2O2/c1-21-17(20)14-5-7-16-13(12-14)4-6-15(18-16)8-11-19-9-2-3-10-19/h4-7,12H,2-3,8-11H2,1H3. The van der Waals surface area contributed by atoms with Crippen molar-refractivity contribution in [2.45, 2.75) is 19.3 Å². The highest BCUT2D eigenvalue weighted by molar-refractivity contribution is 5.94. The van der Waals surface area contributed by atoms with Crippen molar-refractivity contribution in [2.75, 3.05) is 26.7 Å². The average molecular weight is 284 g/mol. The van der Waals surface area contributed by atoms with Gasteiger partial charge in [0.05, 0.1) is 18.2 Å². The lowest BCUT2D eigenvalue weighted by Gasteiger charge is -2.13. The third-order valence-electron chi connectivity index (χ3n) is 4.05. The second kappa shape index (κ2) is 6.22. The van der Waals surface area contributed by atoms with Crippen molar-refractivity contribution in [2.24, 2.45) is 0 Å². The number of carbonyl (C=O) groups excluding carboxylic acids is 1. The second-order valence-corrected chi connectivity index (χ2v) is 5.50. The van der Waals surface area contributed by atoms with E-state index in [-0.39, 0.29) is 5.97 Å². The molecule has 1 aliphatic rings. The molecule has 0 N–H and O–H groups in total. The maximum absolute atomic E-state index is 11.5. The summed E-state index contributed by atoms with van der Waals surface area (Å²) in [7, 11) is 1.40. The van der Waals surface area contributed by atoms with Crippen molar-refractivity contribution in [3.63, 3.8) is 0 Å². The minimum atomic E-state index is -0.310. The van der Waals surface area contributed by atoms with Gasteiger partial charge in [0.2, 0.25) is 0 Å². The van der Waals surface area contributed by atoms with Gasteiger partial charge in [0.25, 0.3) is 0 Å². The molecule has 2 heterocycles. The van der Waals surface area contributed by atoms with Crippen LogP contribution in [0, 0.1) is 0 Å². The molecule has 21 heavy (non-hydrogen) atoms. The summed E-state index contributed by atoms with van der Waals surface area (Å²) >= 11 is 0. The summed E-state index contributed by atoms with van der Waals surface area (Å²) < 4.78 is 4.74. The SMILES string of the molecule is COC(=O)c1ccc2nc(CCN3CCCC3)ccc2c1. The van der Waals surface area contributed by atoms with Crippen molar-refractivity contribution in [1.82, 2.24) is 9.88 Å². The topological polar surface area (TPSA) is 42.4 Å². The van der Waals surface area contributed by atoms with Gasteiger partial charge in [-0.2, -0.15) is 0 Å². The molecule has 0 saturated carbocycles. The van der Waals surface area contributed by atoms with Gasteiger partial charge in [-0.25, -0.2) is 4.79 Å². The molecule has 0 aliphatic carbocycles. The largest absolute Gasteiger partial charge is 0.465 e. The van der Waals surface area contributed by atoms with Crippen molar-refractivity contribution >= 4 is 16.9 Å². The molecule has 0 atom stereocenters. The van der Waals surface area contributed by atoms with Crippen LogP contribution in [-0.4, -0.2) is 42.6 Å². The molecule has 0 radical (unpaired) electrons. The number of pyridine rings is 1. The summed E-state index contributed by atoms with van der Waals surface area (Å²) in [6.45, 7) is 3.52. The number of fused-ring (bicyclic) bond motifs is 1. The number of rotatable bonds is 4. The minimum absolute atomic E-state index is 0.310. The Bertz CT molecular complexity index is 648. The van der Waals surface area contributed by atoms with Crippen LogP contribution in [0.15, 0.2) is 30.3 Å². The first kappa shape index (κ1) is 14.0. The van der Waals surface area contributed by atoms with Crippen LogP contribution >= 0.6 is 0 Å². The van der Waals surface area contributed by atoms with E-state index in [4.69, 9.17) is 4.74 Å². The van der Waals surface area contributed by atoms with E-state index in [9.17, 15) is 4.79 Å². The Hall–Kier alpha value is -1.94. The van der Waals surface area contributed by atoms with Crippen LogP contribution in [0.5, 0.6) is 0 Å². The van der Waals surface area contributed by atoms with Gasteiger partial charge in [0.15, 0.2) is 0 Å². The van der Waals surface area contributed by atoms with Gasteiger partial charge >= 0.3 is 5.97 Å². The van der Waals surface area contributed by atoms with Gasteiger partial charge in [-0.1, -0.05) is 6.07 Å². The maximum Gasteiger partial charge on any atom is 0.337 e. The second-order valence-electron chi connectivity index (χ2n) is 5.50. The van der Waals surface area contributed by atoms with Gasteiger partial charge in [-0.3, -0.25) is 4.98 Å². The molecule has 0 bridgehead atoms. The first-order valence-corrected chi connectivity index (χ1v) is 7.46. The lowest BCUT2D eigenvalue weighted by atomic mass is 10.1. The van der Waals surface area contributed by atoms with Crippen molar-refractivity contribution in [3.8, 4) is 0 Å². The zero-order chi connectivity index (χ0) is 14.7. The summed E-state index contributed by atoms with van der Waals surface area (Å²) in [4.78, 5) is 18.7. The fourth-order valence-corrected chi connectivity index (χ4v) is 2.83. The molecule has 1 aromatic heterocycles. The molecule has 1 saturated heterocycles. The number of methoxy groups -OCH3 is 1. The number of benzene rings is 1. The zero-order valence-electron chi connectivity index (χ0n) is 12.3. The Morgan fingerprint density at radius 3 is 2.81 bits per heavy atom. The summed E-state index contributed by atoms with van der Waals surface area (Å²) in [5, 5.41) is 0.975. The molecule has 3 rings (SSSR count). The van der Waals surface area contributed by atoms with Crippen LogP contribution in [0.3, 0.4) is 0 Å². The zero-order valence-corrected chi connectivity index (χ0v) is 12.3. The Morgan fingerprint density at radius 2 is 2.05 bits per heavy atom. The van der Waals surface area contributed by atoms with Gasteiger partial charge in [0, 0.05) is 24.0 Å². The molecule has 1 aromatic carbocycles. The number of esters is 1. The normalized spacial score (nSPS) is 15.5. The lowest BCUT2D eigenvalue weighted by Crippen LogP contribution is -2.22. The Kier molecular flexibility index (Phi) is 4.15. The third kappa shape index (κ3) is 3.22. The summed E-state index contributed by atoms with van der Waals surface area (Å²) in [6.07, 6.45) is 3.62. The van der Waals surface area contributed by atoms with E-state index in [1.165, 1.54) is 33.0 Å². The Labute approximate surface area is 124 Å². The highest BCUT2D eigenvalue weighted by atomic mass is 16.5. The summed E-state index contributed by atoms with van der Waals surface area (Å²) in [5.74, 6) is -0.310. The van der Waals surface area contributed by atoms with Crippen LogP contribution in [-0.2, 0) is 11.2 Å². The fraction of sp³-hybridized carbons (Fsp3) is 0.412. The van der Waals surface area contributed by atoms with Crippen molar-refractivity contribution in [1.29, 1.82) is 0 Å². The van der Waals surface area contributed by atoms with Crippen LogP contribution < -0.4 is 0 Å². The quantitative estimate of drug-likeness (QED) is 0.810. The van der Waals surface area contributed by atoms with Crippen LogP contribution in [0.2, 0.25) is 0 Å². The van der Waals surface area contributed by atoms with E-state index in [0.717, 1.165) is 29.6 Å². The molecule has 0 unspecified atom stereocenters. The number of hydrogen-bond donors (Lipinski definition) is 0. The van der Waals surface area contributed by atoms with E-state index in [0.29, 0.717) is 5.56 Å². The summed E-state index contributed by atoms with van der Waals surface area (Å²) in [5.41, 5.74) is 2.61. The van der Waals surface area contributed by atoms with Crippen molar-refractivity contribution < 1.29 is 9.53 Å². The van der Waals surface area contributed by atoms with Crippen LogP contribution in [0.1, 0.15) is 28.9 Å². The highest BCUT2D eigenvalue weighted by Gasteiger charge is 2.11. The molecule has 1 aliphatic heterocycles. The Morgan fingerprint density at radius 1 is 1.24 bits per heavy atom. The van der Waals surface area contributed by atoms with E-state index >= 15 is 0 Å². The molecular weight excluding hydrogens is 264 g/mol. The molecule has 2 aromatic rings. The molecule has 110 valence electrons.